The van der Waals surface area contributed by atoms with Crippen LogP contribution >= 0.6 is 0 Å². The number of aryl methyl sites for hydroxylation is 1. The number of hydrogen-bond acceptors (Lipinski definition) is 8. The van der Waals surface area contributed by atoms with E-state index in [0.717, 1.165) is 0 Å². The minimum Gasteiger partial charge on any atom is -0.462 e. The monoisotopic (exact) mass is 394 g/mol. The van der Waals surface area contributed by atoms with Gasteiger partial charge in [-0.05, 0) is 31.5 Å². The summed E-state index contributed by atoms with van der Waals surface area (Å²) in [6.07, 6.45) is 2.83. The van der Waals surface area contributed by atoms with Crippen LogP contribution < -0.4 is 5.56 Å². The second kappa shape index (κ2) is 6.78. The Morgan fingerprint density at radius 3 is 2.76 bits per heavy atom. The smallest absolute Gasteiger partial charge is 0.343 e. The number of nitrogens with zero attached hydrogens (tertiary/aromatic N) is 6. The maximum absolute atomic E-state index is 13.0. The first kappa shape index (κ1) is 18.2. The Morgan fingerprint density at radius 1 is 1.28 bits per heavy atom. The number of esters is 1. The molecule has 0 saturated carbocycles. The minimum atomic E-state index is -0.578. The number of carbonyl (C=O) groups is 1. The van der Waals surface area contributed by atoms with Crippen LogP contribution in [0, 0.1) is 17.0 Å². The molecule has 0 saturated heterocycles. The summed E-state index contributed by atoms with van der Waals surface area (Å²) < 4.78 is 7.65. The molecule has 11 heteroatoms. The Balaban J connectivity index is 1.89. The van der Waals surface area contributed by atoms with Crippen molar-refractivity contribution in [2.24, 2.45) is 0 Å². The molecule has 0 spiro atoms. The molecule has 0 fully saturated rings. The van der Waals surface area contributed by atoms with Crippen LogP contribution in [0.25, 0.3) is 22.4 Å². The predicted octanol–water partition coefficient (Wildman–Crippen LogP) is 1.82. The highest BCUT2D eigenvalue weighted by atomic mass is 16.6. The van der Waals surface area contributed by atoms with Crippen molar-refractivity contribution >= 4 is 28.3 Å². The third-order valence-corrected chi connectivity index (χ3v) is 4.41. The fourth-order valence-corrected chi connectivity index (χ4v) is 3.06. The standard InChI is InChI=1S/C18H14N6O5/c1-3-29-18(26)12-9-19-23-14-6-7-22(17(25)15(14)20-21-16(12)23)13-5-4-11(24(27)28)8-10(13)2/h4-9H,3H2,1-2H3. The first-order chi connectivity index (χ1) is 13.9. The van der Waals surface area contributed by atoms with E-state index in [9.17, 15) is 19.7 Å². The zero-order valence-corrected chi connectivity index (χ0v) is 15.4. The average Bonchev–Trinajstić information content (AvgIpc) is 3.13. The van der Waals surface area contributed by atoms with Crippen molar-refractivity contribution in [2.45, 2.75) is 13.8 Å². The van der Waals surface area contributed by atoms with Crippen LogP contribution in [0.15, 0.2) is 41.5 Å². The SMILES string of the molecule is CCOC(=O)c1cnn2c1nnc1c(=O)n(-c3ccc([N+](=O)[O-])cc3C)ccc12. The second-order valence-electron chi connectivity index (χ2n) is 6.17. The van der Waals surface area contributed by atoms with Gasteiger partial charge in [-0.1, -0.05) is 0 Å². The Morgan fingerprint density at radius 2 is 2.07 bits per heavy atom. The number of pyridine rings is 1. The molecule has 0 amide bonds. The minimum absolute atomic E-state index is 0.0382. The molecule has 0 bridgehead atoms. The number of benzene rings is 1. The highest BCUT2D eigenvalue weighted by Crippen LogP contribution is 2.20. The van der Waals surface area contributed by atoms with E-state index in [2.05, 4.69) is 15.3 Å². The third-order valence-electron chi connectivity index (χ3n) is 4.41. The van der Waals surface area contributed by atoms with Crippen LogP contribution in [0.4, 0.5) is 5.69 Å². The van der Waals surface area contributed by atoms with Gasteiger partial charge >= 0.3 is 5.97 Å². The maximum atomic E-state index is 13.0. The van der Waals surface area contributed by atoms with Gasteiger partial charge in [0.15, 0.2) is 11.2 Å². The van der Waals surface area contributed by atoms with Gasteiger partial charge in [0, 0.05) is 18.3 Å². The van der Waals surface area contributed by atoms with Gasteiger partial charge in [-0.15, -0.1) is 10.2 Å². The van der Waals surface area contributed by atoms with Gasteiger partial charge in [-0.3, -0.25) is 19.5 Å². The van der Waals surface area contributed by atoms with Gasteiger partial charge in [0.05, 0.1) is 23.4 Å². The highest BCUT2D eigenvalue weighted by molar-refractivity contribution is 5.96. The first-order valence-corrected chi connectivity index (χ1v) is 8.60. The summed E-state index contributed by atoms with van der Waals surface area (Å²) in [6, 6.07) is 5.83. The fourth-order valence-electron chi connectivity index (χ4n) is 3.06. The number of nitro benzene ring substituents is 1. The van der Waals surface area contributed by atoms with Crippen molar-refractivity contribution in [1.29, 1.82) is 0 Å². The molecule has 0 aliphatic rings. The molecule has 0 aliphatic carbocycles. The van der Waals surface area contributed by atoms with Crippen LogP contribution in [0.2, 0.25) is 0 Å². The normalized spacial score (nSPS) is 11.1. The first-order valence-electron chi connectivity index (χ1n) is 8.60. The Hall–Kier alpha value is -4.15. The molecular weight excluding hydrogens is 380 g/mol. The Kier molecular flexibility index (Phi) is 4.26. The largest absolute Gasteiger partial charge is 0.462 e. The maximum Gasteiger partial charge on any atom is 0.343 e. The van der Waals surface area contributed by atoms with Crippen LogP contribution in [-0.4, -0.2) is 41.9 Å². The van der Waals surface area contributed by atoms with E-state index < -0.39 is 16.5 Å². The summed E-state index contributed by atoms with van der Waals surface area (Å²) >= 11 is 0. The summed E-state index contributed by atoms with van der Waals surface area (Å²) in [5.74, 6) is -0.578. The van der Waals surface area contributed by atoms with Crippen molar-refractivity contribution in [3.8, 4) is 5.69 Å². The summed E-state index contributed by atoms with van der Waals surface area (Å²) in [5.41, 5.74) is 1.24. The van der Waals surface area contributed by atoms with Crippen LogP contribution in [0.1, 0.15) is 22.8 Å². The zero-order chi connectivity index (χ0) is 20.7. The van der Waals surface area contributed by atoms with Gasteiger partial charge in [0.2, 0.25) is 0 Å². The number of carbonyl (C=O) groups excluding carboxylic acids is 1. The highest BCUT2D eigenvalue weighted by Gasteiger charge is 2.19. The van der Waals surface area contributed by atoms with Crippen LogP contribution in [-0.2, 0) is 4.74 Å². The predicted molar refractivity (Wildman–Crippen MR) is 101 cm³/mol. The number of ether oxygens (including phenoxy) is 1. The van der Waals surface area contributed by atoms with Gasteiger partial charge in [0.25, 0.3) is 11.2 Å². The summed E-state index contributed by atoms with van der Waals surface area (Å²) in [6.45, 7) is 3.57. The Labute approximate surface area is 162 Å². The lowest BCUT2D eigenvalue weighted by Gasteiger charge is -2.10. The zero-order valence-electron chi connectivity index (χ0n) is 15.4. The molecule has 0 radical (unpaired) electrons. The number of rotatable bonds is 4. The lowest BCUT2D eigenvalue weighted by atomic mass is 10.1. The van der Waals surface area contributed by atoms with E-state index in [-0.39, 0.29) is 29.0 Å². The molecule has 4 aromatic rings. The lowest BCUT2D eigenvalue weighted by Crippen LogP contribution is -2.21. The average molecular weight is 394 g/mol. The van der Waals surface area contributed by atoms with E-state index in [4.69, 9.17) is 4.74 Å². The summed E-state index contributed by atoms with van der Waals surface area (Å²) in [7, 11) is 0. The molecule has 0 aliphatic heterocycles. The number of fused-ring (bicyclic) bond motifs is 3. The number of nitro groups is 1. The third kappa shape index (κ3) is 2.88. The number of hydrogen-bond donors (Lipinski definition) is 0. The van der Waals surface area contributed by atoms with Gasteiger partial charge in [-0.25, -0.2) is 9.31 Å². The fraction of sp³-hybridized carbons (Fsp3) is 0.167. The molecule has 3 aromatic heterocycles. The van der Waals surface area contributed by atoms with Crippen molar-refractivity contribution in [3.05, 3.63) is 68.3 Å². The summed E-state index contributed by atoms with van der Waals surface area (Å²) in [5, 5.41) is 23.0. The van der Waals surface area contributed by atoms with E-state index in [1.54, 1.807) is 19.9 Å². The summed E-state index contributed by atoms with van der Waals surface area (Å²) in [4.78, 5) is 35.4. The van der Waals surface area contributed by atoms with Crippen molar-refractivity contribution < 1.29 is 14.5 Å². The second-order valence-corrected chi connectivity index (χ2v) is 6.17. The molecule has 0 unspecified atom stereocenters. The van der Waals surface area contributed by atoms with E-state index in [0.29, 0.717) is 16.8 Å². The molecule has 0 N–H and O–H groups in total. The Bertz CT molecular complexity index is 1360. The van der Waals surface area contributed by atoms with E-state index in [1.807, 2.05) is 0 Å². The van der Waals surface area contributed by atoms with Crippen molar-refractivity contribution in [2.75, 3.05) is 6.61 Å². The quantitative estimate of drug-likeness (QED) is 0.291. The number of aromatic nitrogens is 5. The van der Waals surface area contributed by atoms with Crippen molar-refractivity contribution in [1.82, 2.24) is 24.4 Å². The molecular formula is C18H14N6O5. The lowest BCUT2D eigenvalue weighted by molar-refractivity contribution is -0.384. The molecule has 4 rings (SSSR count). The molecule has 146 valence electrons. The topological polar surface area (TPSA) is 135 Å². The number of non-ortho nitro benzene ring substituents is 1. The van der Waals surface area contributed by atoms with Gasteiger partial charge in [0.1, 0.15) is 11.1 Å². The molecule has 0 atom stereocenters. The van der Waals surface area contributed by atoms with Gasteiger partial charge < -0.3 is 4.74 Å². The molecule has 1 aromatic carbocycles. The van der Waals surface area contributed by atoms with E-state index in [1.165, 1.54) is 39.7 Å². The van der Waals surface area contributed by atoms with Gasteiger partial charge in [-0.2, -0.15) is 5.10 Å². The molecule has 3 heterocycles. The van der Waals surface area contributed by atoms with E-state index >= 15 is 0 Å². The van der Waals surface area contributed by atoms with Crippen LogP contribution in [0.5, 0.6) is 0 Å². The molecule has 29 heavy (non-hydrogen) atoms. The molecule has 11 nitrogen and oxygen atoms in total. The van der Waals surface area contributed by atoms with Crippen molar-refractivity contribution in [3.63, 3.8) is 0 Å². The van der Waals surface area contributed by atoms with Crippen LogP contribution in [0.3, 0.4) is 0 Å².